The molecule has 0 fully saturated rings. The van der Waals surface area contributed by atoms with E-state index in [0.29, 0.717) is 11.1 Å². The zero-order valence-electron chi connectivity index (χ0n) is 13.5. The Morgan fingerprint density at radius 2 is 2.13 bits per heavy atom. The van der Waals surface area contributed by atoms with Gasteiger partial charge in [-0.25, -0.2) is 4.39 Å². The molecule has 1 amide bonds. The number of benzene rings is 1. The molecule has 0 radical (unpaired) electrons. The number of amides is 1. The van der Waals surface area contributed by atoms with Gasteiger partial charge < -0.3 is 9.88 Å². The molecule has 23 heavy (non-hydrogen) atoms. The van der Waals surface area contributed by atoms with Crippen LogP contribution in [0.15, 0.2) is 18.2 Å². The number of halogens is 1. The lowest BCUT2D eigenvalue weighted by atomic mass is 10.1. The molecule has 6 heteroatoms. The molecule has 0 bridgehead atoms. The van der Waals surface area contributed by atoms with Gasteiger partial charge >= 0.3 is 0 Å². The lowest BCUT2D eigenvalue weighted by Crippen LogP contribution is -2.29. The Bertz CT molecular complexity index is 725. The van der Waals surface area contributed by atoms with E-state index in [4.69, 9.17) is 0 Å². The maximum absolute atomic E-state index is 13.6. The van der Waals surface area contributed by atoms with Gasteiger partial charge in [-0.05, 0) is 44.4 Å². The summed E-state index contributed by atoms with van der Waals surface area (Å²) < 4.78 is 15.7. The number of aryl methyl sites for hydroxylation is 2. The zero-order valence-corrected chi connectivity index (χ0v) is 13.5. The van der Waals surface area contributed by atoms with Gasteiger partial charge in [0, 0.05) is 18.5 Å². The minimum atomic E-state index is -0.373. The second-order valence-electron chi connectivity index (χ2n) is 6.10. The summed E-state index contributed by atoms with van der Waals surface area (Å²) in [5, 5.41) is 11.4. The summed E-state index contributed by atoms with van der Waals surface area (Å²) in [6.07, 6.45) is 4.34. The fourth-order valence-corrected chi connectivity index (χ4v) is 2.91. The van der Waals surface area contributed by atoms with E-state index in [9.17, 15) is 9.18 Å². The third-order valence-corrected chi connectivity index (χ3v) is 4.31. The molecule has 1 aliphatic heterocycles. The molecule has 1 atom stereocenters. The van der Waals surface area contributed by atoms with Crippen molar-refractivity contribution in [3.63, 3.8) is 0 Å². The van der Waals surface area contributed by atoms with Gasteiger partial charge in [-0.1, -0.05) is 12.5 Å². The van der Waals surface area contributed by atoms with E-state index < -0.39 is 0 Å². The Morgan fingerprint density at radius 3 is 2.91 bits per heavy atom. The van der Waals surface area contributed by atoms with Crippen LogP contribution in [0, 0.1) is 12.7 Å². The summed E-state index contributed by atoms with van der Waals surface area (Å²) in [7, 11) is 0. The molecule has 0 aliphatic carbocycles. The van der Waals surface area contributed by atoms with Crippen LogP contribution in [0.1, 0.15) is 59.8 Å². The van der Waals surface area contributed by atoms with Gasteiger partial charge in [0.05, 0.1) is 6.04 Å². The van der Waals surface area contributed by atoms with Crippen LogP contribution in [0.4, 0.5) is 4.39 Å². The number of aromatic nitrogens is 3. The Morgan fingerprint density at radius 1 is 1.30 bits per heavy atom. The van der Waals surface area contributed by atoms with E-state index >= 15 is 0 Å². The fraction of sp³-hybridized carbons (Fsp3) is 0.471. The Hall–Kier alpha value is -2.24. The molecule has 3 rings (SSSR count). The molecule has 0 saturated carbocycles. The lowest BCUT2D eigenvalue weighted by Gasteiger charge is -2.15. The van der Waals surface area contributed by atoms with Crippen LogP contribution in [0.25, 0.3) is 0 Å². The minimum Gasteiger partial charge on any atom is -0.342 e. The molecule has 0 spiro atoms. The van der Waals surface area contributed by atoms with Crippen molar-refractivity contribution >= 4 is 5.91 Å². The van der Waals surface area contributed by atoms with Gasteiger partial charge in [-0.15, -0.1) is 10.2 Å². The number of carbonyl (C=O) groups is 1. The van der Waals surface area contributed by atoms with Gasteiger partial charge in [0.1, 0.15) is 11.6 Å². The number of carbonyl (C=O) groups excluding carboxylic acids is 1. The molecule has 122 valence electrons. The van der Waals surface area contributed by atoms with E-state index in [0.717, 1.165) is 37.5 Å². The summed E-state index contributed by atoms with van der Waals surface area (Å²) in [5.41, 5.74) is 0.841. The molecule has 2 heterocycles. The van der Waals surface area contributed by atoms with E-state index in [1.54, 1.807) is 19.1 Å². The highest BCUT2D eigenvalue weighted by Gasteiger charge is 2.21. The Labute approximate surface area is 134 Å². The third kappa shape index (κ3) is 3.25. The molecule has 1 aliphatic rings. The van der Waals surface area contributed by atoms with Gasteiger partial charge in [-0.3, -0.25) is 4.79 Å². The Balaban J connectivity index is 1.76. The standard InChI is InChI=1S/C17H21FN4O/c1-11-7-8-13(10-14(11)18)17(23)19-12(2)16-21-20-15-6-4-3-5-9-22(15)16/h7-8,10,12H,3-6,9H2,1-2H3,(H,19,23)/t12-/m1/s1. The topological polar surface area (TPSA) is 59.8 Å². The second kappa shape index (κ2) is 6.48. The molecule has 1 N–H and O–H groups in total. The monoisotopic (exact) mass is 316 g/mol. The van der Waals surface area contributed by atoms with Crippen LogP contribution in [0.3, 0.4) is 0 Å². The van der Waals surface area contributed by atoms with Crippen molar-refractivity contribution in [2.75, 3.05) is 0 Å². The van der Waals surface area contributed by atoms with E-state index in [2.05, 4.69) is 20.1 Å². The third-order valence-electron chi connectivity index (χ3n) is 4.31. The number of hydrogen-bond donors (Lipinski definition) is 1. The van der Waals surface area contributed by atoms with Crippen molar-refractivity contribution in [2.24, 2.45) is 0 Å². The SMILES string of the molecule is Cc1ccc(C(=O)N[C@H](C)c2nnc3n2CCCCC3)cc1F. The minimum absolute atomic E-state index is 0.272. The van der Waals surface area contributed by atoms with E-state index in [1.165, 1.54) is 12.5 Å². The fourth-order valence-electron chi connectivity index (χ4n) is 2.91. The van der Waals surface area contributed by atoms with E-state index in [-0.39, 0.29) is 17.8 Å². The molecule has 0 unspecified atom stereocenters. The largest absolute Gasteiger partial charge is 0.342 e. The van der Waals surface area contributed by atoms with Crippen molar-refractivity contribution < 1.29 is 9.18 Å². The molecular formula is C17H21FN4O. The van der Waals surface area contributed by atoms with Crippen molar-refractivity contribution in [3.8, 4) is 0 Å². The summed E-state index contributed by atoms with van der Waals surface area (Å²) in [4.78, 5) is 12.3. The molecule has 1 aromatic carbocycles. The highest BCUT2D eigenvalue weighted by Crippen LogP contribution is 2.19. The number of rotatable bonds is 3. The van der Waals surface area contributed by atoms with Crippen molar-refractivity contribution in [2.45, 2.75) is 52.1 Å². The highest BCUT2D eigenvalue weighted by atomic mass is 19.1. The zero-order chi connectivity index (χ0) is 16.4. The van der Waals surface area contributed by atoms with Crippen LogP contribution in [-0.2, 0) is 13.0 Å². The van der Waals surface area contributed by atoms with Crippen molar-refractivity contribution in [1.82, 2.24) is 20.1 Å². The maximum atomic E-state index is 13.6. The number of hydrogen-bond acceptors (Lipinski definition) is 3. The van der Waals surface area contributed by atoms with Crippen molar-refractivity contribution in [3.05, 3.63) is 46.8 Å². The molecule has 2 aromatic rings. The van der Waals surface area contributed by atoms with E-state index in [1.807, 2.05) is 6.92 Å². The number of nitrogens with one attached hydrogen (secondary N) is 1. The van der Waals surface area contributed by atoms with Crippen LogP contribution in [0.2, 0.25) is 0 Å². The summed E-state index contributed by atoms with van der Waals surface area (Å²) >= 11 is 0. The average Bonchev–Trinajstić information content (AvgIpc) is 2.79. The molecule has 0 saturated heterocycles. The number of fused-ring (bicyclic) bond motifs is 1. The van der Waals surface area contributed by atoms with Gasteiger partial charge in [0.15, 0.2) is 5.82 Å². The summed E-state index contributed by atoms with van der Waals surface area (Å²) in [5.74, 6) is 1.08. The van der Waals surface area contributed by atoms with Crippen LogP contribution < -0.4 is 5.32 Å². The normalized spacial score (nSPS) is 15.6. The van der Waals surface area contributed by atoms with Gasteiger partial charge in [0.2, 0.25) is 0 Å². The first-order valence-corrected chi connectivity index (χ1v) is 8.05. The highest BCUT2D eigenvalue weighted by molar-refractivity contribution is 5.94. The predicted molar refractivity (Wildman–Crippen MR) is 84.6 cm³/mol. The first kappa shape index (κ1) is 15.6. The smallest absolute Gasteiger partial charge is 0.251 e. The lowest BCUT2D eigenvalue weighted by molar-refractivity contribution is 0.0937. The van der Waals surface area contributed by atoms with Gasteiger partial charge in [-0.2, -0.15) is 0 Å². The quantitative estimate of drug-likeness (QED) is 0.947. The molecule has 1 aromatic heterocycles. The van der Waals surface area contributed by atoms with Crippen LogP contribution in [-0.4, -0.2) is 20.7 Å². The van der Waals surface area contributed by atoms with Crippen LogP contribution >= 0.6 is 0 Å². The number of nitrogens with zero attached hydrogens (tertiary/aromatic N) is 3. The summed E-state index contributed by atoms with van der Waals surface area (Å²) in [6.45, 7) is 4.44. The first-order chi connectivity index (χ1) is 11.1. The average molecular weight is 316 g/mol. The van der Waals surface area contributed by atoms with Crippen LogP contribution in [0.5, 0.6) is 0 Å². The predicted octanol–water partition coefficient (Wildman–Crippen LogP) is 2.94. The van der Waals surface area contributed by atoms with Gasteiger partial charge in [0.25, 0.3) is 5.91 Å². The Kier molecular flexibility index (Phi) is 4.41. The van der Waals surface area contributed by atoms with Crippen molar-refractivity contribution in [1.29, 1.82) is 0 Å². The molecule has 5 nitrogen and oxygen atoms in total. The summed E-state index contributed by atoms with van der Waals surface area (Å²) in [6, 6.07) is 4.23. The maximum Gasteiger partial charge on any atom is 0.251 e. The molecular weight excluding hydrogens is 295 g/mol. The first-order valence-electron chi connectivity index (χ1n) is 8.05. The second-order valence-corrected chi connectivity index (χ2v) is 6.10.